The van der Waals surface area contributed by atoms with Crippen molar-refractivity contribution in [3.8, 4) is 68.8 Å². The van der Waals surface area contributed by atoms with Gasteiger partial charge in [0.2, 0.25) is 23.6 Å². The molecule has 0 fully saturated rings. The molecular formula is C53H58N4O8. The maximum absolute atomic E-state index is 12.0. The van der Waals surface area contributed by atoms with Gasteiger partial charge < -0.3 is 32.9 Å². The molecular weight excluding hydrogens is 821 g/mol. The molecule has 5 aromatic carbocycles. The van der Waals surface area contributed by atoms with Crippen LogP contribution < -0.4 is 18.9 Å². The van der Waals surface area contributed by atoms with Crippen molar-refractivity contribution in [1.82, 2.24) is 20.4 Å². The molecule has 0 aliphatic heterocycles. The van der Waals surface area contributed by atoms with E-state index in [2.05, 4.69) is 48.1 Å². The SMILES string of the molecule is CCCCC(CC)COc1ccc(-c2nnc(-c3ccc(COc4cc(OCc5ccc(-c6nnc(-c7ccc(OCC(CC)CCCC)cc7)o6)cc5)cc(C(=O)O)c4)cc3)o2)cc1. The molecule has 0 saturated carbocycles. The molecule has 12 nitrogen and oxygen atoms in total. The molecule has 0 saturated heterocycles. The number of aromatic carboxylic acids is 1. The number of rotatable bonds is 25. The molecule has 2 heterocycles. The molecule has 0 spiro atoms. The zero-order valence-electron chi connectivity index (χ0n) is 37.7. The minimum atomic E-state index is -1.09. The Bertz CT molecular complexity index is 2370. The number of hydrogen-bond donors (Lipinski definition) is 1. The summed E-state index contributed by atoms with van der Waals surface area (Å²) in [4.78, 5) is 12.0. The minimum absolute atomic E-state index is 0.0482. The fourth-order valence-electron chi connectivity index (χ4n) is 7.21. The van der Waals surface area contributed by atoms with Crippen LogP contribution >= 0.6 is 0 Å². The Morgan fingerprint density at radius 1 is 0.492 bits per heavy atom. The third kappa shape index (κ3) is 13.1. The lowest BCUT2D eigenvalue weighted by atomic mass is 10.0. The van der Waals surface area contributed by atoms with E-state index in [-0.39, 0.29) is 18.8 Å². The summed E-state index contributed by atoms with van der Waals surface area (Å²) in [7, 11) is 0. The number of hydrogen-bond acceptors (Lipinski definition) is 11. The monoisotopic (exact) mass is 878 g/mol. The highest BCUT2D eigenvalue weighted by Crippen LogP contribution is 2.30. The summed E-state index contributed by atoms with van der Waals surface area (Å²) < 4.78 is 36.2. The van der Waals surface area contributed by atoms with Crippen molar-refractivity contribution in [2.24, 2.45) is 11.8 Å². The molecule has 7 rings (SSSR count). The second kappa shape index (κ2) is 23.1. The zero-order chi connectivity index (χ0) is 45.4. The standard InChI is InChI=1S/C53H58N4O8/c1-5-9-11-36(7-3)32-60-45-25-21-42(22-26-45)51-56-54-49(64-51)40-17-13-38(14-18-40)34-62-47-29-44(53(58)59)30-48(31-47)63-35-39-15-19-41(20-16-39)50-55-57-52(65-50)43-23-27-46(28-24-43)61-33-37(8-4)12-10-6-2/h13-31,36-37H,5-12,32-35H2,1-4H3,(H,58,59). The van der Waals surface area contributed by atoms with Gasteiger partial charge in [-0.05, 0) is 121 Å². The Morgan fingerprint density at radius 3 is 1.17 bits per heavy atom. The number of carboxylic acid groups (broad SMARTS) is 1. The molecule has 2 unspecified atom stereocenters. The number of carboxylic acids is 1. The van der Waals surface area contributed by atoms with Crippen LogP contribution in [0.3, 0.4) is 0 Å². The molecule has 12 heteroatoms. The van der Waals surface area contributed by atoms with E-state index >= 15 is 0 Å². The average Bonchev–Trinajstić information content (AvgIpc) is 4.05. The van der Waals surface area contributed by atoms with E-state index in [1.54, 1.807) is 6.07 Å². The Kier molecular flexibility index (Phi) is 16.4. The molecule has 65 heavy (non-hydrogen) atoms. The lowest BCUT2D eigenvalue weighted by molar-refractivity contribution is 0.0695. The summed E-state index contributed by atoms with van der Waals surface area (Å²) in [6, 6.07) is 35.2. The molecule has 0 amide bonds. The lowest BCUT2D eigenvalue weighted by Gasteiger charge is -2.15. The highest BCUT2D eigenvalue weighted by molar-refractivity contribution is 5.88. The first-order chi connectivity index (χ1) is 31.8. The van der Waals surface area contributed by atoms with Crippen LogP contribution in [0, 0.1) is 11.8 Å². The van der Waals surface area contributed by atoms with Gasteiger partial charge in [0.1, 0.15) is 36.2 Å². The predicted octanol–water partition coefficient (Wildman–Crippen LogP) is 13.2. The quantitative estimate of drug-likeness (QED) is 0.0581. The lowest BCUT2D eigenvalue weighted by Crippen LogP contribution is -2.11. The van der Waals surface area contributed by atoms with E-state index in [1.807, 2.05) is 97.1 Å². The maximum atomic E-state index is 12.0. The molecule has 2 atom stereocenters. The van der Waals surface area contributed by atoms with Crippen LogP contribution in [0.5, 0.6) is 23.0 Å². The topological polar surface area (TPSA) is 152 Å². The number of nitrogens with zero attached hydrogens (tertiary/aromatic N) is 4. The highest BCUT2D eigenvalue weighted by atomic mass is 16.5. The van der Waals surface area contributed by atoms with Gasteiger partial charge >= 0.3 is 5.97 Å². The number of benzene rings is 5. The van der Waals surface area contributed by atoms with Crippen LogP contribution in [0.1, 0.15) is 101 Å². The van der Waals surface area contributed by atoms with E-state index in [0.717, 1.165) is 57.7 Å². The Labute approximate surface area is 381 Å². The summed E-state index contributed by atoms with van der Waals surface area (Å²) in [6.45, 7) is 10.7. The number of unbranched alkanes of at least 4 members (excludes halogenated alkanes) is 2. The minimum Gasteiger partial charge on any atom is -0.493 e. The first kappa shape index (κ1) is 46.1. The first-order valence-corrected chi connectivity index (χ1v) is 22.8. The molecule has 7 aromatic rings. The van der Waals surface area contributed by atoms with Gasteiger partial charge in [-0.1, -0.05) is 90.5 Å². The zero-order valence-corrected chi connectivity index (χ0v) is 37.7. The van der Waals surface area contributed by atoms with Gasteiger partial charge in [-0.3, -0.25) is 0 Å². The van der Waals surface area contributed by atoms with Crippen molar-refractivity contribution in [3.05, 3.63) is 132 Å². The van der Waals surface area contributed by atoms with Crippen molar-refractivity contribution in [3.63, 3.8) is 0 Å². The van der Waals surface area contributed by atoms with Crippen LogP contribution in [-0.4, -0.2) is 44.7 Å². The summed E-state index contributed by atoms with van der Waals surface area (Å²) >= 11 is 0. The predicted molar refractivity (Wildman–Crippen MR) is 250 cm³/mol. The second-order valence-electron chi connectivity index (χ2n) is 16.3. The van der Waals surface area contributed by atoms with Crippen molar-refractivity contribution < 1.29 is 37.7 Å². The van der Waals surface area contributed by atoms with Crippen molar-refractivity contribution in [2.75, 3.05) is 13.2 Å². The average molecular weight is 879 g/mol. The largest absolute Gasteiger partial charge is 0.493 e. The van der Waals surface area contributed by atoms with Crippen molar-refractivity contribution in [2.45, 2.75) is 92.3 Å². The number of ether oxygens (including phenoxy) is 4. The van der Waals surface area contributed by atoms with E-state index in [1.165, 1.54) is 50.7 Å². The highest BCUT2D eigenvalue weighted by Gasteiger charge is 2.15. The third-order valence-corrected chi connectivity index (χ3v) is 11.5. The Morgan fingerprint density at radius 2 is 0.846 bits per heavy atom. The summed E-state index contributed by atoms with van der Waals surface area (Å²) in [5.41, 5.74) is 4.90. The summed E-state index contributed by atoms with van der Waals surface area (Å²) in [5, 5.41) is 26.9. The molecule has 0 radical (unpaired) electrons. The van der Waals surface area contributed by atoms with E-state index in [9.17, 15) is 9.90 Å². The molecule has 0 aliphatic rings. The summed E-state index contributed by atoms with van der Waals surface area (Å²) in [5.74, 6) is 4.01. The van der Waals surface area contributed by atoms with Crippen molar-refractivity contribution in [1.29, 1.82) is 0 Å². The van der Waals surface area contributed by atoms with Crippen LogP contribution in [-0.2, 0) is 13.2 Å². The molecule has 0 bridgehead atoms. The van der Waals surface area contributed by atoms with E-state index < -0.39 is 5.97 Å². The van der Waals surface area contributed by atoms with Gasteiger partial charge in [-0.25, -0.2) is 4.79 Å². The van der Waals surface area contributed by atoms with Crippen molar-refractivity contribution >= 4 is 5.97 Å². The number of aromatic nitrogens is 4. The van der Waals surface area contributed by atoms with Gasteiger partial charge in [0.05, 0.1) is 18.8 Å². The third-order valence-electron chi connectivity index (χ3n) is 11.5. The van der Waals surface area contributed by atoms with Crippen LogP contribution in [0.4, 0.5) is 0 Å². The van der Waals surface area contributed by atoms with E-state index in [0.29, 0.717) is 60.1 Å². The molecule has 2 aromatic heterocycles. The Balaban J connectivity index is 0.900. The first-order valence-electron chi connectivity index (χ1n) is 22.8. The van der Waals surface area contributed by atoms with Gasteiger partial charge in [-0.15, -0.1) is 20.4 Å². The summed E-state index contributed by atoms with van der Waals surface area (Å²) in [6.07, 6.45) is 9.39. The molecule has 0 aliphatic carbocycles. The van der Waals surface area contributed by atoms with Crippen LogP contribution in [0.2, 0.25) is 0 Å². The normalized spacial score (nSPS) is 12.1. The second-order valence-corrected chi connectivity index (χ2v) is 16.3. The fraction of sp³-hybridized carbons (Fsp3) is 0.340. The van der Waals surface area contributed by atoms with Gasteiger partial charge in [0, 0.05) is 28.3 Å². The van der Waals surface area contributed by atoms with Crippen LogP contribution in [0.15, 0.2) is 124 Å². The van der Waals surface area contributed by atoms with Gasteiger partial charge in [0.15, 0.2) is 0 Å². The smallest absolute Gasteiger partial charge is 0.335 e. The van der Waals surface area contributed by atoms with Gasteiger partial charge in [0.25, 0.3) is 0 Å². The molecule has 1 N–H and O–H groups in total. The molecule has 338 valence electrons. The van der Waals surface area contributed by atoms with Gasteiger partial charge in [-0.2, -0.15) is 0 Å². The van der Waals surface area contributed by atoms with E-state index in [4.69, 9.17) is 27.8 Å². The maximum Gasteiger partial charge on any atom is 0.335 e. The van der Waals surface area contributed by atoms with Crippen LogP contribution in [0.25, 0.3) is 45.8 Å². The fourth-order valence-corrected chi connectivity index (χ4v) is 7.21. The number of carbonyl (C=O) groups is 1. The Hall–Kier alpha value is -6.95.